The molecular weight excluding hydrogens is 270 g/mol. The number of aromatic nitrogens is 2. The lowest BCUT2D eigenvalue weighted by atomic mass is 10.0. The molecule has 20 heavy (non-hydrogen) atoms. The number of hydrogen-bond donors (Lipinski definition) is 5. The number of H-pyrrole nitrogens is 1. The van der Waals surface area contributed by atoms with E-state index in [9.17, 15) is 19.8 Å². The zero-order valence-electron chi connectivity index (χ0n) is 11.0. The lowest BCUT2D eigenvalue weighted by Gasteiger charge is -2.19. The van der Waals surface area contributed by atoms with Crippen LogP contribution in [0.1, 0.15) is 11.7 Å². The minimum absolute atomic E-state index is 0.00269. The summed E-state index contributed by atoms with van der Waals surface area (Å²) in [5.74, 6) is 0.175. The van der Waals surface area contributed by atoms with E-state index in [4.69, 9.17) is 9.84 Å². The first-order valence-electron chi connectivity index (χ1n) is 6.05. The topological polar surface area (TPSA) is 137 Å². The van der Waals surface area contributed by atoms with Gasteiger partial charge in [0.1, 0.15) is 30.2 Å². The monoisotopic (exact) mass is 287 g/mol. The predicted octanol–water partition coefficient (Wildman–Crippen LogP) is -2.73. The molecule has 9 nitrogen and oxygen atoms in total. The Labute approximate surface area is 113 Å². The largest absolute Gasteiger partial charge is 0.394 e. The summed E-state index contributed by atoms with van der Waals surface area (Å²) in [5, 5.41) is 31.5. The van der Waals surface area contributed by atoms with Crippen LogP contribution in [-0.2, 0) is 11.8 Å². The third-order valence-electron chi connectivity index (χ3n) is 3.42. The highest BCUT2D eigenvalue weighted by atomic mass is 16.6. The molecule has 0 spiro atoms. The van der Waals surface area contributed by atoms with Crippen molar-refractivity contribution in [3.63, 3.8) is 0 Å². The maximum Gasteiger partial charge on any atom is 0.329 e. The Bertz CT molecular complexity index is 609. The normalized spacial score (nSPS) is 29.6. The zero-order chi connectivity index (χ0) is 15.0. The Morgan fingerprint density at radius 2 is 2.00 bits per heavy atom. The molecule has 1 aliphatic heterocycles. The molecule has 0 unspecified atom stereocenters. The van der Waals surface area contributed by atoms with Gasteiger partial charge in [-0.1, -0.05) is 0 Å². The zero-order valence-corrected chi connectivity index (χ0v) is 11.0. The van der Waals surface area contributed by atoms with E-state index in [2.05, 4.69) is 10.3 Å². The second kappa shape index (κ2) is 5.37. The molecule has 0 amide bonds. The molecule has 4 atom stereocenters. The van der Waals surface area contributed by atoms with Crippen LogP contribution in [0.25, 0.3) is 0 Å². The highest BCUT2D eigenvalue weighted by Gasteiger charge is 2.45. The van der Waals surface area contributed by atoms with Crippen molar-refractivity contribution in [3.8, 4) is 0 Å². The van der Waals surface area contributed by atoms with Crippen molar-refractivity contribution in [2.24, 2.45) is 7.05 Å². The van der Waals surface area contributed by atoms with Crippen molar-refractivity contribution in [2.45, 2.75) is 24.4 Å². The van der Waals surface area contributed by atoms with Crippen molar-refractivity contribution in [1.82, 2.24) is 9.55 Å². The van der Waals surface area contributed by atoms with Crippen LogP contribution in [0.5, 0.6) is 0 Å². The molecule has 1 aromatic rings. The third-order valence-corrected chi connectivity index (χ3v) is 3.42. The molecule has 0 aliphatic carbocycles. The Hall–Kier alpha value is -1.68. The number of aromatic amines is 1. The highest BCUT2D eigenvalue weighted by Crippen LogP contribution is 2.34. The maximum absolute atomic E-state index is 12.0. The summed E-state index contributed by atoms with van der Waals surface area (Å²) < 4.78 is 6.47. The predicted molar refractivity (Wildman–Crippen MR) is 68.6 cm³/mol. The first kappa shape index (κ1) is 14.7. The van der Waals surface area contributed by atoms with Gasteiger partial charge in [0.25, 0.3) is 5.56 Å². The molecule has 1 saturated heterocycles. The van der Waals surface area contributed by atoms with Gasteiger partial charge in [-0.2, -0.15) is 0 Å². The number of anilines is 1. The van der Waals surface area contributed by atoms with Crippen molar-refractivity contribution >= 4 is 5.82 Å². The summed E-state index contributed by atoms with van der Waals surface area (Å²) in [4.78, 5) is 25.6. The molecule has 5 N–H and O–H groups in total. The summed E-state index contributed by atoms with van der Waals surface area (Å²) in [7, 11) is 2.95. The third kappa shape index (κ3) is 2.14. The molecule has 2 rings (SSSR count). The number of nitrogens with zero attached hydrogens (tertiary/aromatic N) is 1. The smallest absolute Gasteiger partial charge is 0.329 e. The van der Waals surface area contributed by atoms with Gasteiger partial charge >= 0.3 is 5.69 Å². The van der Waals surface area contributed by atoms with Crippen LogP contribution in [-0.4, -0.2) is 56.8 Å². The summed E-state index contributed by atoms with van der Waals surface area (Å²) in [6.45, 7) is -0.493. The number of aliphatic hydroxyl groups excluding tert-OH is 3. The van der Waals surface area contributed by atoms with Gasteiger partial charge in [-0.3, -0.25) is 14.3 Å². The van der Waals surface area contributed by atoms with Gasteiger partial charge in [-0.25, -0.2) is 4.79 Å². The van der Waals surface area contributed by atoms with Crippen LogP contribution >= 0.6 is 0 Å². The Morgan fingerprint density at radius 3 is 2.50 bits per heavy atom. The molecule has 1 aliphatic rings. The van der Waals surface area contributed by atoms with Crippen LogP contribution in [0.2, 0.25) is 0 Å². The van der Waals surface area contributed by atoms with E-state index in [0.29, 0.717) is 0 Å². The Kier molecular flexibility index (Phi) is 3.95. The van der Waals surface area contributed by atoms with Gasteiger partial charge in [0, 0.05) is 14.1 Å². The van der Waals surface area contributed by atoms with Crippen molar-refractivity contribution in [2.75, 3.05) is 19.0 Å². The van der Waals surface area contributed by atoms with Gasteiger partial charge in [0.2, 0.25) is 0 Å². The van der Waals surface area contributed by atoms with Crippen molar-refractivity contribution < 1.29 is 20.1 Å². The number of hydrogen-bond acceptors (Lipinski definition) is 7. The lowest BCUT2D eigenvalue weighted by molar-refractivity contribution is -0.0231. The van der Waals surface area contributed by atoms with E-state index in [0.717, 1.165) is 4.57 Å². The van der Waals surface area contributed by atoms with Crippen LogP contribution in [0.3, 0.4) is 0 Å². The van der Waals surface area contributed by atoms with Gasteiger partial charge in [-0.05, 0) is 0 Å². The number of nitrogens with one attached hydrogen (secondary N) is 2. The summed E-state index contributed by atoms with van der Waals surface area (Å²) in [6.07, 6.45) is -4.82. The molecule has 1 fully saturated rings. The first-order valence-corrected chi connectivity index (χ1v) is 6.05. The van der Waals surface area contributed by atoms with E-state index in [1.807, 2.05) is 0 Å². The van der Waals surface area contributed by atoms with E-state index in [1.165, 1.54) is 14.1 Å². The first-order chi connectivity index (χ1) is 9.42. The molecule has 2 heterocycles. The van der Waals surface area contributed by atoms with Crippen molar-refractivity contribution in [3.05, 3.63) is 26.4 Å². The number of rotatable bonds is 3. The average Bonchev–Trinajstić information content (AvgIpc) is 2.70. The molecule has 9 heteroatoms. The fraction of sp³-hybridized carbons (Fsp3) is 0.636. The second-order valence-corrected chi connectivity index (χ2v) is 4.59. The molecule has 0 aromatic carbocycles. The fourth-order valence-electron chi connectivity index (χ4n) is 2.34. The van der Waals surface area contributed by atoms with E-state index in [1.54, 1.807) is 0 Å². The SMILES string of the molecule is CNc1c([C@@H]2O[C@H](CO)[C@@H](O)[C@H]2O)c(=O)[nH]c(=O)n1C. The van der Waals surface area contributed by atoms with Gasteiger partial charge in [0.15, 0.2) is 0 Å². The van der Waals surface area contributed by atoms with E-state index in [-0.39, 0.29) is 11.4 Å². The molecule has 0 bridgehead atoms. The molecule has 0 radical (unpaired) electrons. The summed E-state index contributed by atoms with van der Waals surface area (Å²) in [6, 6.07) is 0. The number of aliphatic hydroxyl groups is 3. The lowest BCUT2D eigenvalue weighted by Crippen LogP contribution is -2.37. The standard InChI is InChI=1S/C11H17N3O6/c1-12-9-5(10(18)13-11(19)14(9)2)8-7(17)6(16)4(3-15)20-8/h4,6-8,12,15-17H,3H2,1-2H3,(H,13,18,19)/t4-,6-,7-,8+/m1/s1. The fourth-order valence-corrected chi connectivity index (χ4v) is 2.34. The van der Waals surface area contributed by atoms with Crippen molar-refractivity contribution in [1.29, 1.82) is 0 Å². The molecule has 1 aromatic heterocycles. The second-order valence-electron chi connectivity index (χ2n) is 4.59. The van der Waals surface area contributed by atoms with E-state index >= 15 is 0 Å². The number of ether oxygens (including phenoxy) is 1. The van der Waals surface area contributed by atoms with E-state index < -0.39 is 42.3 Å². The highest BCUT2D eigenvalue weighted by molar-refractivity contribution is 5.45. The molecular formula is C11H17N3O6. The van der Waals surface area contributed by atoms with Crippen LogP contribution in [0.4, 0.5) is 5.82 Å². The quantitative estimate of drug-likeness (QED) is 0.407. The summed E-state index contributed by atoms with van der Waals surface area (Å²) >= 11 is 0. The van der Waals surface area contributed by atoms with Gasteiger partial charge in [0.05, 0.1) is 12.2 Å². The molecule has 112 valence electrons. The summed E-state index contributed by atoms with van der Waals surface area (Å²) in [5.41, 5.74) is -1.33. The maximum atomic E-state index is 12.0. The Balaban J connectivity index is 2.57. The van der Waals surface area contributed by atoms with Gasteiger partial charge in [-0.15, -0.1) is 0 Å². The van der Waals surface area contributed by atoms with Crippen LogP contribution in [0.15, 0.2) is 9.59 Å². The minimum atomic E-state index is -1.38. The van der Waals surface area contributed by atoms with Gasteiger partial charge < -0.3 is 25.4 Å². The minimum Gasteiger partial charge on any atom is -0.394 e. The van der Waals surface area contributed by atoms with Crippen LogP contribution in [0, 0.1) is 0 Å². The van der Waals surface area contributed by atoms with Crippen LogP contribution < -0.4 is 16.6 Å². The average molecular weight is 287 g/mol. The Morgan fingerprint density at radius 1 is 1.35 bits per heavy atom. The molecule has 0 saturated carbocycles.